The molecular weight excluding hydrogens is 406 g/mol. The third-order valence-electron chi connectivity index (χ3n) is 5.83. The SMILES string of the molecule is O=C1c2c(O)c(=O)ccn2N2CN1CC/C=C\COc1ccccc1[C@H]2c1ccccc1. The molecule has 32 heavy (non-hydrogen) atoms. The Labute approximate surface area is 185 Å². The zero-order valence-corrected chi connectivity index (χ0v) is 17.4. The molecule has 1 aromatic heterocycles. The smallest absolute Gasteiger partial charge is 0.277 e. The van der Waals surface area contributed by atoms with E-state index in [2.05, 4.69) is 0 Å². The van der Waals surface area contributed by atoms with Gasteiger partial charge in [-0.1, -0.05) is 60.7 Å². The summed E-state index contributed by atoms with van der Waals surface area (Å²) in [5.74, 6) is -0.161. The van der Waals surface area contributed by atoms with E-state index in [1.54, 1.807) is 15.8 Å². The highest BCUT2D eigenvalue weighted by Crippen LogP contribution is 2.36. The van der Waals surface area contributed by atoms with Gasteiger partial charge in [-0.25, -0.2) is 0 Å². The molecule has 162 valence electrons. The first-order valence-corrected chi connectivity index (χ1v) is 10.6. The molecule has 3 heterocycles. The predicted octanol–water partition coefficient (Wildman–Crippen LogP) is 3.03. The van der Waals surface area contributed by atoms with E-state index in [4.69, 9.17) is 4.74 Å². The fourth-order valence-electron chi connectivity index (χ4n) is 4.31. The van der Waals surface area contributed by atoms with E-state index in [1.165, 1.54) is 6.07 Å². The highest BCUT2D eigenvalue weighted by molar-refractivity contribution is 5.96. The predicted molar refractivity (Wildman–Crippen MR) is 120 cm³/mol. The molecule has 0 radical (unpaired) electrons. The number of carbonyl (C=O) groups is 1. The van der Waals surface area contributed by atoms with Crippen LogP contribution >= 0.6 is 0 Å². The summed E-state index contributed by atoms with van der Waals surface area (Å²) in [5, 5.41) is 12.5. The third kappa shape index (κ3) is 3.41. The van der Waals surface area contributed by atoms with E-state index >= 15 is 0 Å². The fourth-order valence-corrected chi connectivity index (χ4v) is 4.31. The first-order chi connectivity index (χ1) is 15.6. The van der Waals surface area contributed by atoms with E-state index in [0.717, 1.165) is 16.9 Å². The molecule has 0 saturated heterocycles. The maximum Gasteiger partial charge on any atom is 0.277 e. The maximum absolute atomic E-state index is 13.2. The third-order valence-corrected chi connectivity index (χ3v) is 5.83. The molecule has 0 saturated carbocycles. The van der Waals surface area contributed by atoms with Crippen LogP contribution in [-0.2, 0) is 0 Å². The molecule has 2 bridgehead atoms. The highest BCUT2D eigenvalue weighted by Gasteiger charge is 2.37. The van der Waals surface area contributed by atoms with Crippen LogP contribution in [0.2, 0.25) is 0 Å². The van der Waals surface area contributed by atoms with E-state index in [-0.39, 0.29) is 24.3 Å². The van der Waals surface area contributed by atoms with Gasteiger partial charge in [0.1, 0.15) is 25.1 Å². The van der Waals surface area contributed by atoms with E-state index < -0.39 is 11.2 Å². The minimum Gasteiger partial charge on any atom is -0.502 e. The van der Waals surface area contributed by atoms with Gasteiger partial charge in [-0.15, -0.1) is 0 Å². The van der Waals surface area contributed by atoms with Crippen molar-refractivity contribution < 1.29 is 14.6 Å². The number of ether oxygens (including phenoxy) is 1. The zero-order chi connectivity index (χ0) is 22.1. The van der Waals surface area contributed by atoms with Crippen LogP contribution in [-0.4, -0.2) is 40.4 Å². The monoisotopic (exact) mass is 429 g/mol. The summed E-state index contributed by atoms with van der Waals surface area (Å²) in [6, 6.07) is 18.7. The van der Waals surface area contributed by atoms with Crippen LogP contribution in [0.3, 0.4) is 0 Å². The Morgan fingerprint density at radius 2 is 1.72 bits per heavy atom. The van der Waals surface area contributed by atoms with Crippen LogP contribution in [0.5, 0.6) is 11.5 Å². The molecule has 3 aromatic rings. The lowest BCUT2D eigenvalue weighted by Crippen LogP contribution is -2.55. The van der Waals surface area contributed by atoms with Gasteiger partial charge < -0.3 is 14.7 Å². The molecule has 0 unspecified atom stereocenters. The second-order valence-corrected chi connectivity index (χ2v) is 7.79. The molecule has 0 fully saturated rings. The van der Waals surface area contributed by atoms with Gasteiger partial charge in [0.15, 0.2) is 11.4 Å². The average Bonchev–Trinajstić information content (AvgIpc) is 2.81. The van der Waals surface area contributed by atoms with Crippen molar-refractivity contribution in [2.75, 3.05) is 24.8 Å². The number of rotatable bonds is 1. The number of carbonyl (C=O) groups excluding carboxylic acids is 1. The zero-order valence-electron chi connectivity index (χ0n) is 17.4. The molecule has 1 N–H and O–H groups in total. The molecule has 0 aliphatic carbocycles. The summed E-state index contributed by atoms with van der Waals surface area (Å²) in [5.41, 5.74) is 1.32. The Bertz CT molecular complexity index is 1240. The number of hydrogen-bond donors (Lipinski definition) is 1. The maximum atomic E-state index is 13.2. The number of nitrogens with zero attached hydrogens (tertiary/aromatic N) is 3. The summed E-state index contributed by atoms with van der Waals surface area (Å²) >= 11 is 0. The largest absolute Gasteiger partial charge is 0.502 e. The van der Waals surface area contributed by atoms with E-state index in [1.807, 2.05) is 71.8 Å². The van der Waals surface area contributed by atoms with Crippen molar-refractivity contribution in [3.05, 3.63) is 106 Å². The van der Waals surface area contributed by atoms with Crippen molar-refractivity contribution in [1.29, 1.82) is 0 Å². The van der Waals surface area contributed by atoms with Gasteiger partial charge in [0.05, 0.1) is 0 Å². The summed E-state index contributed by atoms with van der Waals surface area (Å²) in [7, 11) is 0. The van der Waals surface area contributed by atoms with E-state index in [9.17, 15) is 14.7 Å². The van der Waals surface area contributed by atoms with Gasteiger partial charge in [-0.05, 0) is 18.1 Å². The molecule has 7 heteroatoms. The Morgan fingerprint density at radius 1 is 0.938 bits per heavy atom. The van der Waals surface area contributed by atoms with Crippen LogP contribution in [0.15, 0.2) is 83.8 Å². The second kappa shape index (κ2) is 8.26. The molecule has 2 aliphatic rings. The van der Waals surface area contributed by atoms with Crippen molar-refractivity contribution >= 4 is 5.91 Å². The molecule has 1 atom stereocenters. The van der Waals surface area contributed by atoms with Gasteiger partial charge in [-0.2, -0.15) is 0 Å². The number of hydrogen-bond acceptors (Lipinski definition) is 5. The first kappa shape index (κ1) is 19.9. The minimum atomic E-state index is -0.576. The topological polar surface area (TPSA) is 75.0 Å². The molecular formula is C25H23N3O4. The van der Waals surface area contributed by atoms with Gasteiger partial charge in [-0.3, -0.25) is 19.3 Å². The molecule has 1 amide bonds. The summed E-state index contributed by atoms with van der Waals surface area (Å²) < 4.78 is 7.70. The van der Waals surface area contributed by atoms with Crippen molar-refractivity contribution in [3.8, 4) is 11.5 Å². The Hall–Kier alpha value is -4.00. The molecule has 2 aliphatic heterocycles. The highest BCUT2D eigenvalue weighted by atomic mass is 16.5. The number of aromatic hydroxyl groups is 1. The summed E-state index contributed by atoms with van der Waals surface area (Å²) in [6.07, 6.45) is 6.11. The second-order valence-electron chi connectivity index (χ2n) is 7.79. The van der Waals surface area contributed by atoms with Crippen LogP contribution in [0.25, 0.3) is 0 Å². The van der Waals surface area contributed by atoms with E-state index in [0.29, 0.717) is 19.6 Å². The minimum absolute atomic E-state index is 0.0240. The Morgan fingerprint density at radius 3 is 2.56 bits per heavy atom. The van der Waals surface area contributed by atoms with Gasteiger partial charge in [0.25, 0.3) is 5.91 Å². The van der Waals surface area contributed by atoms with Crippen LogP contribution in [0.1, 0.15) is 34.1 Å². The number of fused-ring (bicyclic) bond motifs is 5. The Kier molecular flexibility index (Phi) is 5.15. The van der Waals surface area contributed by atoms with Crippen molar-refractivity contribution in [1.82, 2.24) is 9.58 Å². The van der Waals surface area contributed by atoms with Crippen LogP contribution in [0, 0.1) is 0 Å². The molecule has 0 spiro atoms. The molecule has 7 nitrogen and oxygen atoms in total. The lowest BCUT2D eigenvalue weighted by Gasteiger charge is -2.44. The Balaban J connectivity index is 1.78. The van der Waals surface area contributed by atoms with Crippen LogP contribution < -0.4 is 15.2 Å². The number of amides is 1. The fraction of sp³-hybridized carbons (Fsp3) is 0.200. The molecule has 2 aromatic carbocycles. The summed E-state index contributed by atoms with van der Waals surface area (Å²) in [4.78, 5) is 27.1. The van der Waals surface area contributed by atoms with Crippen molar-refractivity contribution in [3.63, 3.8) is 0 Å². The van der Waals surface area contributed by atoms with Crippen molar-refractivity contribution in [2.24, 2.45) is 0 Å². The van der Waals surface area contributed by atoms with Gasteiger partial charge in [0, 0.05) is 24.4 Å². The summed E-state index contributed by atoms with van der Waals surface area (Å²) in [6.45, 7) is 1.17. The first-order valence-electron chi connectivity index (χ1n) is 10.6. The number of pyridine rings is 1. The van der Waals surface area contributed by atoms with Crippen LogP contribution in [0.4, 0.5) is 0 Å². The molecule has 5 rings (SSSR count). The average molecular weight is 429 g/mol. The number of benzene rings is 2. The normalized spacial score (nSPS) is 19.1. The number of aromatic nitrogens is 1. The van der Waals surface area contributed by atoms with Crippen molar-refractivity contribution in [2.45, 2.75) is 12.5 Å². The lowest BCUT2D eigenvalue weighted by molar-refractivity contribution is 0.0682. The quantitative estimate of drug-likeness (QED) is 0.602. The standard InChI is InChI=1S/C25H23N3O4/c29-20-13-15-27-23(24(20)30)25(31)26-14-7-2-8-16-32-21-12-6-5-11-19(21)22(28(27)17-26)18-9-3-1-4-10-18/h1-6,8-13,15,22,30H,7,14,16-17H2/b8-2-/t22-/m1/s1. The van der Waals surface area contributed by atoms with Gasteiger partial charge in [0.2, 0.25) is 5.43 Å². The van der Waals surface area contributed by atoms with Gasteiger partial charge >= 0.3 is 0 Å². The lowest BCUT2D eigenvalue weighted by atomic mass is 9.97. The number of para-hydroxylation sites is 1.